The summed E-state index contributed by atoms with van der Waals surface area (Å²) in [5.74, 6) is 0.292. The third-order valence-electron chi connectivity index (χ3n) is 2.94. The molecule has 1 saturated heterocycles. The lowest BCUT2D eigenvalue weighted by Gasteiger charge is -2.24. The van der Waals surface area contributed by atoms with Gasteiger partial charge in [-0.2, -0.15) is 0 Å². The molecule has 17 heavy (non-hydrogen) atoms. The number of nitrogens with zero attached hydrogens (tertiary/aromatic N) is 2. The molecule has 0 bridgehead atoms. The van der Waals surface area contributed by atoms with Crippen molar-refractivity contribution in [2.75, 3.05) is 18.6 Å². The van der Waals surface area contributed by atoms with Crippen LogP contribution in [0.2, 0.25) is 0 Å². The van der Waals surface area contributed by atoms with E-state index in [0.29, 0.717) is 11.4 Å². The Balaban J connectivity index is 2.32. The SMILES string of the molecule is COC(=O)C1CCCN1c1ncccc1C=O. The largest absolute Gasteiger partial charge is 0.467 e. The molecule has 0 aliphatic carbocycles. The Morgan fingerprint density at radius 2 is 2.47 bits per heavy atom. The van der Waals surface area contributed by atoms with E-state index in [4.69, 9.17) is 4.74 Å². The normalized spacial score (nSPS) is 19.1. The fraction of sp³-hybridized carbons (Fsp3) is 0.417. The summed E-state index contributed by atoms with van der Waals surface area (Å²) in [4.78, 5) is 28.6. The Hall–Kier alpha value is -1.91. The molecule has 0 amide bonds. The number of pyridine rings is 1. The Kier molecular flexibility index (Phi) is 3.37. The Bertz CT molecular complexity index is 434. The first kappa shape index (κ1) is 11.6. The van der Waals surface area contributed by atoms with E-state index in [1.807, 2.05) is 4.90 Å². The maximum absolute atomic E-state index is 11.6. The lowest BCUT2D eigenvalue weighted by atomic mass is 10.2. The van der Waals surface area contributed by atoms with Crippen LogP contribution in [0, 0.1) is 0 Å². The van der Waals surface area contributed by atoms with E-state index >= 15 is 0 Å². The van der Waals surface area contributed by atoms with Crippen molar-refractivity contribution in [2.24, 2.45) is 0 Å². The van der Waals surface area contributed by atoms with Crippen LogP contribution in [0.25, 0.3) is 0 Å². The number of anilines is 1. The second-order valence-electron chi connectivity index (χ2n) is 3.91. The number of carbonyl (C=O) groups is 2. The third-order valence-corrected chi connectivity index (χ3v) is 2.94. The van der Waals surface area contributed by atoms with E-state index in [1.54, 1.807) is 18.3 Å². The molecule has 90 valence electrons. The molecule has 0 radical (unpaired) electrons. The number of hydrogen-bond donors (Lipinski definition) is 0. The molecule has 1 unspecified atom stereocenters. The highest BCUT2D eigenvalue weighted by Gasteiger charge is 2.33. The standard InChI is InChI=1S/C12H14N2O3/c1-17-12(16)10-5-3-7-14(10)11-9(8-15)4-2-6-13-11/h2,4,6,8,10H,3,5,7H2,1H3. The Morgan fingerprint density at radius 3 is 3.18 bits per heavy atom. The van der Waals surface area contributed by atoms with Gasteiger partial charge in [-0.25, -0.2) is 9.78 Å². The summed E-state index contributed by atoms with van der Waals surface area (Å²) in [6.45, 7) is 0.720. The van der Waals surface area contributed by atoms with Crippen molar-refractivity contribution in [2.45, 2.75) is 18.9 Å². The maximum atomic E-state index is 11.6. The molecule has 0 N–H and O–H groups in total. The number of aldehydes is 1. The predicted octanol–water partition coefficient (Wildman–Crippen LogP) is 1.04. The monoisotopic (exact) mass is 234 g/mol. The van der Waals surface area contributed by atoms with Crippen molar-refractivity contribution >= 4 is 18.1 Å². The summed E-state index contributed by atoms with van der Waals surface area (Å²) < 4.78 is 4.76. The maximum Gasteiger partial charge on any atom is 0.328 e. The van der Waals surface area contributed by atoms with E-state index in [-0.39, 0.29) is 12.0 Å². The Morgan fingerprint density at radius 1 is 1.65 bits per heavy atom. The molecule has 1 aliphatic heterocycles. The second kappa shape index (κ2) is 4.95. The number of aromatic nitrogens is 1. The summed E-state index contributed by atoms with van der Waals surface area (Å²) in [5, 5.41) is 0. The molecule has 1 aliphatic rings. The van der Waals surface area contributed by atoms with Crippen molar-refractivity contribution in [3.63, 3.8) is 0 Å². The van der Waals surface area contributed by atoms with E-state index < -0.39 is 0 Å². The van der Waals surface area contributed by atoms with Crippen LogP contribution in [0.15, 0.2) is 18.3 Å². The minimum Gasteiger partial charge on any atom is -0.467 e. The minimum atomic E-state index is -0.325. The molecule has 1 atom stereocenters. The molecule has 5 heteroatoms. The summed E-state index contributed by atoms with van der Waals surface area (Å²) >= 11 is 0. The van der Waals surface area contributed by atoms with Gasteiger partial charge in [0, 0.05) is 12.7 Å². The van der Waals surface area contributed by atoms with Gasteiger partial charge in [0.1, 0.15) is 11.9 Å². The molecule has 1 aromatic rings. The van der Waals surface area contributed by atoms with E-state index in [1.165, 1.54) is 7.11 Å². The summed E-state index contributed by atoms with van der Waals surface area (Å²) in [6.07, 6.45) is 4.01. The number of methoxy groups -OCH3 is 1. The van der Waals surface area contributed by atoms with Crippen LogP contribution in [0.4, 0.5) is 5.82 Å². The zero-order valence-corrected chi connectivity index (χ0v) is 9.63. The number of esters is 1. The minimum absolute atomic E-state index is 0.273. The van der Waals surface area contributed by atoms with Gasteiger partial charge in [0.25, 0.3) is 0 Å². The quantitative estimate of drug-likeness (QED) is 0.577. The summed E-state index contributed by atoms with van der Waals surface area (Å²) in [7, 11) is 1.37. The van der Waals surface area contributed by atoms with Crippen molar-refractivity contribution in [1.29, 1.82) is 0 Å². The highest BCUT2D eigenvalue weighted by Crippen LogP contribution is 2.26. The van der Waals surface area contributed by atoms with Gasteiger partial charge in [0.15, 0.2) is 6.29 Å². The molecule has 2 rings (SSSR count). The van der Waals surface area contributed by atoms with Gasteiger partial charge in [-0.05, 0) is 25.0 Å². The third kappa shape index (κ3) is 2.13. The molecule has 1 fully saturated rings. The van der Waals surface area contributed by atoms with Gasteiger partial charge in [0.05, 0.1) is 12.7 Å². The Labute approximate surface area is 99.4 Å². The van der Waals surface area contributed by atoms with Gasteiger partial charge < -0.3 is 9.64 Å². The zero-order chi connectivity index (χ0) is 12.3. The van der Waals surface area contributed by atoms with Crippen LogP contribution in [-0.4, -0.2) is 36.9 Å². The van der Waals surface area contributed by atoms with Crippen molar-refractivity contribution < 1.29 is 14.3 Å². The van der Waals surface area contributed by atoms with Crippen LogP contribution < -0.4 is 4.90 Å². The first-order valence-corrected chi connectivity index (χ1v) is 5.52. The van der Waals surface area contributed by atoms with Crippen molar-refractivity contribution in [3.8, 4) is 0 Å². The highest BCUT2D eigenvalue weighted by molar-refractivity contribution is 5.86. The average Bonchev–Trinajstić information content (AvgIpc) is 2.86. The van der Waals surface area contributed by atoms with Crippen LogP contribution in [0.1, 0.15) is 23.2 Å². The van der Waals surface area contributed by atoms with Crippen LogP contribution in [0.5, 0.6) is 0 Å². The number of ether oxygens (including phenoxy) is 1. The number of rotatable bonds is 3. The van der Waals surface area contributed by atoms with Gasteiger partial charge >= 0.3 is 5.97 Å². The number of hydrogen-bond acceptors (Lipinski definition) is 5. The molecular weight excluding hydrogens is 220 g/mol. The van der Waals surface area contributed by atoms with Crippen LogP contribution in [-0.2, 0) is 9.53 Å². The van der Waals surface area contributed by atoms with Gasteiger partial charge in [-0.15, -0.1) is 0 Å². The van der Waals surface area contributed by atoms with E-state index in [9.17, 15) is 9.59 Å². The first-order valence-electron chi connectivity index (χ1n) is 5.52. The van der Waals surface area contributed by atoms with Crippen LogP contribution >= 0.6 is 0 Å². The molecule has 1 aromatic heterocycles. The fourth-order valence-electron chi connectivity index (χ4n) is 2.14. The van der Waals surface area contributed by atoms with E-state index in [2.05, 4.69) is 4.98 Å². The highest BCUT2D eigenvalue weighted by atomic mass is 16.5. The van der Waals surface area contributed by atoms with Crippen molar-refractivity contribution in [3.05, 3.63) is 23.9 Å². The molecule has 5 nitrogen and oxygen atoms in total. The van der Waals surface area contributed by atoms with E-state index in [0.717, 1.165) is 25.7 Å². The fourth-order valence-corrected chi connectivity index (χ4v) is 2.14. The molecule has 0 aromatic carbocycles. The molecule has 0 spiro atoms. The van der Waals surface area contributed by atoms with Gasteiger partial charge in [-0.1, -0.05) is 0 Å². The second-order valence-corrected chi connectivity index (χ2v) is 3.91. The lowest BCUT2D eigenvalue weighted by Crippen LogP contribution is -2.37. The van der Waals surface area contributed by atoms with Gasteiger partial charge in [-0.3, -0.25) is 4.79 Å². The van der Waals surface area contributed by atoms with Crippen molar-refractivity contribution in [1.82, 2.24) is 4.98 Å². The first-order chi connectivity index (χ1) is 8.27. The van der Waals surface area contributed by atoms with Gasteiger partial charge in [0.2, 0.25) is 0 Å². The summed E-state index contributed by atoms with van der Waals surface area (Å²) in [6, 6.07) is 3.08. The number of carbonyl (C=O) groups excluding carboxylic acids is 2. The molecule has 2 heterocycles. The smallest absolute Gasteiger partial charge is 0.328 e. The summed E-state index contributed by atoms with van der Waals surface area (Å²) in [5.41, 5.74) is 0.503. The molecule has 0 saturated carbocycles. The predicted molar refractivity (Wildman–Crippen MR) is 62.0 cm³/mol. The zero-order valence-electron chi connectivity index (χ0n) is 9.63. The molecular formula is C12H14N2O3. The topological polar surface area (TPSA) is 59.5 Å². The van der Waals surface area contributed by atoms with Crippen LogP contribution in [0.3, 0.4) is 0 Å². The average molecular weight is 234 g/mol. The lowest BCUT2D eigenvalue weighted by molar-refractivity contribution is -0.141.